The van der Waals surface area contributed by atoms with E-state index in [0.717, 1.165) is 6.42 Å². The Labute approximate surface area is 101 Å². The van der Waals surface area contributed by atoms with Crippen molar-refractivity contribution < 1.29 is 19.8 Å². The molecule has 1 aliphatic rings. The summed E-state index contributed by atoms with van der Waals surface area (Å²) in [5.74, 6) is -0.950. The first kappa shape index (κ1) is 13.8. The van der Waals surface area contributed by atoms with E-state index < -0.39 is 17.6 Å². The molecule has 17 heavy (non-hydrogen) atoms. The topological polar surface area (TPSA) is 89.9 Å². The number of nitrogens with zero attached hydrogens (tertiary/aromatic N) is 1. The number of carbonyl (C=O) groups is 2. The fourth-order valence-corrected chi connectivity index (χ4v) is 1.93. The third kappa shape index (κ3) is 4.60. The normalized spacial score (nSPS) is 21.1. The minimum Gasteiger partial charge on any atom is -0.481 e. The minimum absolute atomic E-state index is 0.130. The van der Waals surface area contributed by atoms with Gasteiger partial charge in [0, 0.05) is 18.6 Å². The minimum atomic E-state index is -0.950. The zero-order chi connectivity index (χ0) is 13.1. The number of amides is 2. The molecule has 1 aliphatic heterocycles. The SMILES string of the molecule is CC(C)(CC(=O)O)NC(=O)N1CCCC(O)C1. The molecule has 6 nitrogen and oxygen atoms in total. The first-order valence-electron chi connectivity index (χ1n) is 5.77. The Bertz CT molecular complexity index is 304. The maximum absolute atomic E-state index is 11.9. The Hall–Kier alpha value is -1.30. The highest BCUT2D eigenvalue weighted by Crippen LogP contribution is 2.13. The second-order valence-corrected chi connectivity index (χ2v) is 5.13. The summed E-state index contributed by atoms with van der Waals surface area (Å²) in [4.78, 5) is 24.0. The molecular weight excluding hydrogens is 224 g/mol. The summed E-state index contributed by atoms with van der Waals surface area (Å²) in [6.07, 6.45) is 0.878. The Morgan fingerprint density at radius 1 is 1.47 bits per heavy atom. The van der Waals surface area contributed by atoms with Crippen molar-refractivity contribution in [2.45, 2.75) is 44.8 Å². The standard InChI is InChI=1S/C11H20N2O4/c1-11(2,6-9(15)16)12-10(17)13-5-3-4-8(14)7-13/h8,14H,3-7H2,1-2H3,(H,12,17)(H,15,16). The molecule has 0 saturated carbocycles. The first-order valence-corrected chi connectivity index (χ1v) is 5.77. The summed E-state index contributed by atoms with van der Waals surface area (Å²) in [7, 11) is 0. The zero-order valence-corrected chi connectivity index (χ0v) is 10.3. The number of hydrogen-bond donors (Lipinski definition) is 3. The summed E-state index contributed by atoms with van der Waals surface area (Å²) < 4.78 is 0. The Balaban J connectivity index is 2.50. The highest BCUT2D eigenvalue weighted by molar-refractivity contribution is 5.76. The van der Waals surface area contributed by atoms with E-state index in [1.165, 1.54) is 4.90 Å². The van der Waals surface area contributed by atoms with Crippen LogP contribution in [0.25, 0.3) is 0 Å². The third-order valence-electron chi connectivity index (χ3n) is 2.72. The van der Waals surface area contributed by atoms with Crippen molar-refractivity contribution in [3.63, 3.8) is 0 Å². The monoisotopic (exact) mass is 244 g/mol. The summed E-state index contributed by atoms with van der Waals surface area (Å²) in [5.41, 5.74) is -0.786. The molecule has 0 aliphatic carbocycles. The van der Waals surface area contributed by atoms with Crippen LogP contribution < -0.4 is 5.32 Å². The molecule has 1 saturated heterocycles. The lowest BCUT2D eigenvalue weighted by Gasteiger charge is -2.33. The van der Waals surface area contributed by atoms with E-state index in [4.69, 9.17) is 5.11 Å². The molecular formula is C11H20N2O4. The highest BCUT2D eigenvalue weighted by atomic mass is 16.4. The number of carbonyl (C=O) groups excluding carboxylic acids is 1. The number of piperidine rings is 1. The number of likely N-dealkylation sites (tertiary alicyclic amines) is 1. The lowest BCUT2D eigenvalue weighted by atomic mass is 10.0. The van der Waals surface area contributed by atoms with E-state index in [1.807, 2.05) is 0 Å². The van der Waals surface area contributed by atoms with Crippen molar-refractivity contribution in [1.82, 2.24) is 10.2 Å². The lowest BCUT2D eigenvalue weighted by molar-refractivity contribution is -0.138. The zero-order valence-electron chi connectivity index (χ0n) is 10.3. The molecule has 1 rings (SSSR count). The smallest absolute Gasteiger partial charge is 0.317 e. The van der Waals surface area contributed by atoms with Gasteiger partial charge in [0.05, 0.1) is 12.5 Å². The number of carboxylic acid groups (broad SMARTS) is 1. The van der Waals surface area contributed by atoms with Crippen molar-refractivity contribution in [2.75, 3.05) is 13.1 Å². The van der Waals surface area contributed by atoms with Crippen LogP contribution >= 0.6 is 0 Å². The summed E-state index contributed by atoms with van der Waals surface area (Å²) in [5, 5.41) is 20.8. The molecule has 1 unspecified atom stereocenters. The number of hydrogen-bond acceptors (Lipinski definition) is 3. The van der Waals surface area contributed by atoms with Gasteiger partial charge in [-0.15, -0.1) is 0 Å². The molecule has 0 radical (unpaired) electrons. The number of β-amino-alcohol motifs (C(OH)–C–C–N with tert-alkyl or cyclic N) is 1. The molecule has 6 heteroatoms. The fourth-order valence-electron chi connectivity index (χ4n) is 1.93. The van der Waals surface area contributed by atoms with Gasteiger partial charge in [-0.2, -0.15) is 0 Å². The van der Waals surface area contributed by atoms with E-state index in [2.05, 4.69) is 5.32 Å². The van der Waals surface area contributed by atoms with Crippen LogP contribution in [-0.4, -0.2) is 51.8 Å². The molecule has 2 amide bonds. The van der Waals surface area contributed by atoms with Crippen LogP contribution in [0.4, 0.5) is 4.79 Å². The van der Waals surface area contributed by atoms with Crippen molar-refractivity contribution in [3.8, 4) is 0 Å². The van der Waals surface area contributed by atoms with E-state index in [-0.39, 0.29) is 12.5 Å². The van der Waals surface area contributed by atoms with Crippen molar-refractivity contribution in [2.24, 2.45) is 0 Å². The highest BCUT2D eigenvalue weighted by Gasteiger charge is 2.28. The number of aliphatic hydroxyl groups is 1. The van der Waals surface area contributed by atoms with Crippen LogP contribution in [0.15, 0.2) is 0 Å². The van der Waals surface area contributed by atoms with Gasteiger partial charge >= 0.3 is 12.0 Å². The molecule has 1 fully saturated rings. The molecule has 0 spiro atoms. The van der Waals surface area contributed by atoms with Crippen LogP contribution in [-0.2, 0) is 4.79 Å². The molecule has 98 valence electrons. The van der Waals surface area contributed by atoms with Gasteiger partial charge in [0.25, 0.3) is 0 Å². The molecule has 0 aromatic carbocycles. The van der Waals surface area contributed by atoms with E-state index in [9.17, 15) is 14.7 Å². The number of aliphatic hydroxyl groups excluding tert-OH is 1. The molecule has 1 atom stereocenters. The van der Waals surface area contributed by atoms with Gasteiger partial charge in [0.2, 0.25) is 0 Å². The van der Waals surface area contributed by atoms with Crippen LogP contribution in [0.2, 0.25) is 0 Å². The Morgan fingerprint density at radius 2 is 2.12 bits per heavy atom. The average Bonchev–Trinajstić information content (AvgIpc) is 2.14. The van der Waals surface area contributed by atoms with Gasteiger partial charge in [-0.05, 0) is 26.7 Å². The number of rotatable bonds is 3. The Morgan fingerprint density at radius 3 is 2.65 bits per heavy atom. The summed E-state index contributed by atoms with van der Waals surface area (Å²) in [6, 6.07) is -0.310. The van der Waals surface area contributed by atoms with E-state index in [0.29, 0.717) is 19.5 Å². The van der Waals surface area contributed by atoms with Gasteiger partial charge in [0.15, 0.2) is 0 Å². The van der Waals surface area contributed by atoms with Gasteiger partial charge < -0.3 is 20.4 Å². The molecule has 3 N–H and O–H groups in total. The van der Waals surface area contributed by atoms with Crippen LogP contribution in [0.5, 0.6) is 0 Å². The van der Waals surface area contributed by atoms with Gasteiger partial charge in [-0.1, -0.05) is 0 Å². The molecule has 0 aromatic rings. The van der Waals surface area contributed by atoms with Gasteiger partial charge in [-0.25, -0.2) is 4.79 Å². The lowest BCUT2D eigenvalue weighted by Crippen LogP contribution is -2.53. The number of urea groups is 1. The predicted molar refractivity (Wildman–Crippen MR) is 61.7 cm³/mol. The predicted octanol–water partition coefficient (Wildman–Crippen LogP) is 0.406. The molecule has 0 bridgehead atoms. The molecule has 1 heterocycles. The fraction of sp³-hybridized carbons (Fsp3) is 0.818. The largest absolute Gasteiger partial charge is 0.481 e. The van der Waals surface area contributed by atoms with E-state index in [1.54, 1.807) is 13.8 Å². The van der Waals surface area contributed by atoms with Crippen molar-refractivity contribution >= 4 is 12.0 Å². The Kier molecular flexibility index (Phi) is 4.34. The number of carboxylic acids is 1. The summed E-state index contributed by atoms with van der Waals surface area (Å²) in [6.45, 7) is 4.25. The second-order valence-electron chi connectivity index (χ2n) is 5.13. The molecule has 0 aromatic heterocycles. The third-order valence-corrected chi connectivity index (χ3v) is 2.72. The number of nitrogens with one attached hydrogen (secondary N) is 1. The maximum atomic E-state index is 11.9. The van der Waals surface area contributed by atoms with Crippen molar-refractivity contribution in [3.05, 3.63) is 0 Å². The van der Waals surface area contributed by atoms with Crippen LogP contribution in [0, 0.1) is 0 Å². The van der Waals surface area contributed by atoms with Crippen LogP contribution in [0.3, 0.4) is 0 Å². The first-order chi connectivity index (χ1) is 7.80. The van der Waals surface area contributed by atoms with E-state index >= 15 is 0 Å². The van der Waals surface area contributed by atoms with Gasteiger partial charge in [0.1, 0.15) is 0 Å². The second kappa shape index (κ2) is 5.35. The van der Waals surface area contributed by atoms with Gasteiger partial charge in [-0.3, -0.25) is 4.79 Å². The van der Waals surface area contributed by atoms with Crippen molar-refractivity contribution in [1.29, 1.82) is 0 Å². The number of aliphatic carboxylic acids is 1. The summed E-state index contributed by atoms with van der Waals surface area (Å²) >= 11 is 0. The maximum Gasteiger partial charge on any atom is 0.317 e. The average molecular weight is 244 g/mol. The quantitative estimate of drug-likeness (QED) is 0.670. The van der Waals surface area contributed by atoms with Crippen LogP contribution in [0.1, 0.15) is 33.1 Å².